The van der Waals surface area contributed by atoms with E-state index in [-0.39, 0.29) is 12.0 Å². The Bertz CT molecular complexity index is 1080. The summed E-state index contributed by atoms with van der Waals surface area (Å²) in [6, 6.07) is 6.37. The lowest BCUT2D eigenvalue weighted by Crippen LogP contribution is -2.33. The minimum Gasteiger partial charge on any atom is -0.481 e. The normalized spacial score (nSPS) is 21.4. The fraction of sp³-hybridized carbons (Fsp3) is 0.455. The van der Waals surface area contributed by atoms with Gasteiger partial charge in [0.05, 0.1) is 10.8 Å². The van der Waals surface area contributed by atoms with Gasteiger partial charge in [0.15, 0.2) is 0 Å². The highest BCUT2D eigenvalue weighted by Gasteiger charge is 2.39. The summed E-state index contributed by atoms with van der Waals surface area (Å²) in [7, 11) is 0. The lowest BCUT2D eigenvalue weighted by molar-refractivity contribution is -0.145. The van der Waals surface area contributed by atoms with Gasteiger partial charge in [-0.15, -0.1) is 16.4 Å². The molecule has 0 unspecified atom stereocenters. The Hall–Kier alpha value is -2.78. The molecule has 0 spiro atoms. The summed E-state index contributed by atoms with van der Waals surface area (Å²) in [6.07, 6.45) is 5.26. The number of hydrogen-bond donors (Lipinski definition) is 3. The summed E-state index contributed by atoms with van der Waals surface area (Å²) in [6.45, 7) is 6.12. The number of thiazole rings is 1. The number of benzene rings is 1. The molecule has 2 aromatic heterocycles. The zero-order chi connectivity index (χ0) is 22.2. The maximum Gasteiger partial charge on any atom is 0.306 e. The molecule has 1 aliphatic rings. The molecule has 0 aliphatic heterocycles. The molecule has 0 atom stereocenters. The Balaban J connectivity index is 1.54. The van der Waals surface area contributed by atoms with E-state index in [0.29, 0.717) is 36.6 Å². The highest BCUT2D eigenvalue weighted by atomic mass is 32.1. The van der Waals surface area contributed by atoms with Gasteiger partial charge >= 0.3 is 5.97 Å². The molecule has 4 rings (SSSR count). The van der Waals surface area contributed by atoms with E-state index < -0.39 is 11.6 Å². The number of hydrogen-bond acceptors (Lipinski definition) is 7. The lowest BCUT2D eigenvalue weighted by Gasteiger charge is -2.32. The quantitative estimate of drug-likeness (QED) is 0.516. The first-order valence-corrected chi connectivity index (χ1v) is 11.3. The number of carbonyl (C=O) groups is 1. The molecule has 3 N–H and O–H groups in total. The van der Waals surface area contributed by atoms with Crippen molar-refractivity contribution in [3.63, 3.8) is 0 Å². The molecule has 0 amide bonds. The maximum absolute atomic E-state index is 11.2. The molecule has 164 valence electrons. The van der Waals surface area contributed by atoms with Gasteiger partial charge in [-0.3, -0.25) is 4.79 Å². The van der Waals surface area contributed by atoms with E-state index in [4.69, 9.17) is 0 Å². The zero-order valence-corrected chi connectivity index (χ0v) is 18.7. The van der Waals surface area contributed by atoms with E-state index in [1.54, 1.807) is 17.2 Å². The SMILES string of the molecule is Cc1cc(Nc2ncn(C(C)C)n2)cc(-c2cnc(C3(O)CCC(C(=O)O)CC3)s2)c1. The number of anilines is 2. The third-order valence-electron chi connectivity index (χ3n) is 5.72. The second kappa shape index (κ2) is 8.39. The van der Waals surface area contributed by atoms with Crippen LogP contribution in [0, 0.1) is 12.8 Å². The summed E-state index contributed by atoms with van der Waals surface area (Å²) >= 11 is 1.46. The van der Waals surface area contributed by atoms with Crippen LogP contribution in [0.15, 0.2) is 30.7 Å². The average molecular weight is 442 g/mol. The van der Waals surface area contributed by atoms with Crippen molar-refractivity contribution in [1.29, 1.82) is 0 Å². The van der Waals surface area contributed by atoms with Gasteiger partial charge in [0.1, 0.15) is 16.9 Å². The van der Waals surface area contributed by atoms with Crippen LogP contribution in [-0.4, -0.2) is 35.9 Å². The van der Waals surface area contributed by atoms with Gasteiger partial charge in [-0.05, 0) is 69.7 Å². The number of aliphatic hydroxyl groups is 1. The van der Waals surface area contributed by atoms with E-state index >= 15 is 0 Å². The Morgan fingerprint density at radius 3 is 2.65 bits per heavy atom. The van der Waals surface area contributed by atoms with Crippen LogP contribution < -0.4 is 5.32 Å². The van der Waals surface area contributed by atoms with Gasteiger partial charge in [-0.1, -0.05) is 6.07 Å². The van der Waals surface area contributed by atoms with Crippen molar-refractivity contribution in [3.8, 4) is 10.4 Å². The van der Waals surface area contributed by atoms with Crippen molar-refractivity contribution in [1.82, 2.24) is 19.7 Å². The lowest BCUT2D eigenvalue weighted by atomic mass is 9.79. The molecule has 2 heterocycles. The standard InChI is InChI=1S/C22H27N5O3S/c1-13(2)27-12-24-21(26-27)25-17-9-14(3)8-16(10-17)18-11-23-20(31-18)22(30)6-4-15(5-7-22)19(28)29/h8-13,15,30H,4-7H2,1-3H3,(H,25,26)(H,28,29). The van der Waals surface area contributed by atoms with Crippen LogP contribution in [0.3, 0.4) is 0 Å². The number of carboxylic acids is 1. The highest BCUT2D eigenvalue weighted by molar-refractivity contribution is 7.15. The number of aryl methyl sites for hydroxylation is 1. The third-order valence-corrected chi connectivity index (χ3v) is 6.96. The number of carboxylic acid groups (broad SMARTS) is 1. The number of nitrogens with one attached hydrogen (secondary N) is 1. The Morgan fingerprint density at radius 2 is 2.00 bits per heavy atom. The molecule has 0 saturated heterocycles. The van der Waals surface area contributed by atoms with E-state index in [9.17, 15) is 15.0 Å². The summed E-state index contributed by atoms with van der Waals surface area (Å²) in [5.74, 6) is -0.618. The van der Waals surface area contributed by atoms with Crippen LogP contribution in [0.25, 0.3) is 10.4 Å². The van der Waals surface area contributed by atoms with Crippen LogP contribution >= 0.6 is 11.3 Å². The van der Waals surface area contributed by atoms with Crippen molar-refractivity contribution >= 4 is 28.9 Å². The van der Waals surface area contributed by atoms with Gasteiger partial charge in [-0.25, -0.2) is 14.6 Å². The smallest absolute Gasteiger partial charge is 0.306 e. The van der Waals surface area contributed by atoms with Crippen molar-refractivity contribution in [2.24, 2.45) is 5.92 Å². The molecule has 1 saturated carbocycles. The van der Waals surface area contributed by atoms with Crippen LogP contribution in [0.5, 0.6) is 0 Å². The average Bonchev–Trinajstić information content (AvgIpc) is 3.38. The molecule has 3 aromatic rings. The zero-order valence-electron chi connectivity index (χ0n) is 17.9. The monoisotopic (exact) mass is 441 g/mol. The van der Waals surface area contributed by atoms with Crippen LogP contribution in [0.4, 0.5) is 11.6 Å². The predicted octanol–water partition coefficient (Wildman–Crippen LogP) is 4.50. The molecule has 9 heteroatoms. The van der Waals surface area contributed by atoms with E-state index in [1.807, 2.05) is 32.9 Å². The van der Waals surface area contributed by atoms with Gasteiger partial charge < -0.3 is 15.5 Å². The summed E-state index contributed by atoms with van der Waals surface area (Å²) in [5, 5.41) is 28.6. The summed E-state index contributed by atoms with van der Waals surface area (Å²) in [5.41, 5.74) is 1.91. The number of aromatic nitrogens is 4. The fourth-order valence-corrected chi connectivity index (χ4v) is 4.94. The molecule has 0 bridgehead atoms. The third kappa shape index (κ3) is 4.62. The molecule has 1 fully saturated rings. The van der Waals surface area contributed by atoms with Crippen molar-refractivity contribution in [2.45, 2.75) is 58.1 Å². The summed E-state index contributed by atoms with van der Waals surface area (Å²) in [4.78, 5) is 21.0. The Labute approximate surface area is 185 Å². The minimum atomic E-state index is -1.05. The van der Waals surface area contributed by atoms with Gasteiger partial charge in [0.2, 0.25) is 5.95 Å². The number of rotatable bonds is 6. The molecular weight excluding hydrogens is 414 g/mol. The van der Waals surface area contributed by atoms with Crippen molar-refractivity contribution < 1.29 is 15.0 Å². The van der Waals surface area contributed by atoms with Crippen LogP contribution in [0.2, 0.25) is 0 Å². The predicted molar refractivity (Wildman–Crippen MR) is 119 cm³/mol. The van der Waals surface area contributed by atoms with Crippen LogP contribution in [-0.2, 0) is 10.4 Å². The second-order valence-electron chi connectivity index (χ2n) is 8.53. The van der Waals surface area contributed by atoms with Gasteiger partial charge in [0, 0.05) is 17.9 Å². The van der Waals surface area contributed by atoms with Gasteiger partial charge in [0.25, 0.3) is 0 Å². The second-order valence-corrected chi connectivity index (χ2v) is 9.56. The largest absolute Gasteiger partial charge is 0.481 e. The first-order valence-electron chi connectivity index (χ1n) is 10.5. The highest BCUT2D eigenvalue weighted by Crippen LogP contribution is 2.43. The first-order chi connectivity index (χ1) is 14.7. The number of nitrogens with zero attached hydrogens (tertiary/aromatic N) is 4. The molecule has 0 radical (unpaired) electrons. The molecule has 1 aromatic carbocycles. The Kier molecular flexibility index (Phi) is 5.81. The molecule has 31 heavy (non-hydrogen) atoms. The molecule has 1 aliphatic carbocycles. The molecular formula is C22H27N5O3S. The van der Waals surface area contributed by atoms with Crippen molar-refractivity contribution in [2.75, 3.05) is 5.32 Å². The first kappa shape index (κ1) is 21.5. The minimum absolute atomic E-state index is 0.239. The fourth-order valence-electron chi connectivity index (χ4n) is 3.89. The summed E-state index contributed by atoms with van der Waals surface area (Å²) < 4.78 is 1.80. The van der Waals surface area contributed by atoms with Crippen LogP contribution in [0.1, 0.15) is 56.1 Å². The van der Waals surface area contributed by atoms with E-state index in [2.05, 4.69) is 26.4 Å². The maximum atomic E-state index is 11.2. The van der Waals surface area contributed by atoms with E-state index in [0.717, 1.165) is 21.7 Å². The topological polar surface area (TPSA) is 113 Å². The van der Waals surface area contributed by atoms with Gasteiger partial charge in [-0.2, -0.15) is 0 Å². The Morgan fingerprint density at radius 1 is 1.26 bits per heavy atom. The molecule has 8 nitrogen and oxygen atoms in total. The van der Waals surface area contributed by atoms with Crippen molar-refractivity contribution in [3.05, 3.63) is 41.3 Å². The number of aliphatic carboxylic acids is 1. The van der Waals surface area contributed by atoms with E-state index in [1.165, 1.54) is 11.3 Å².